The average molecular weight is 991 g/mol. The summed E-state index contributed by atoms with van der Waals surface area (Å²) in [5, 5.41) is 10.2. The summed E-state index contributed by atoms with van der Waals surface area (Å²) in [5.74, 6) is -1.85. The van der Waals surface area contributed by atoms with E-state index in [0.29, 0.717) is 0 Å². The first-order valence-corrected chi connectivity index (χ1v) is 23.1. The van der Waals surface area contributed by atoms with Crippen molar-refractivity contribution in [2.24, 2.45) is 21.7 Å². The van der Waals surface area contributed by atoms with E-state index in [2.05, 4.69) is 60.1 Å². The third-order valence-corrected chi connectivity index (χ3v) is 15.9. The van der Waals surface area contributed by atoms with Gasteiger partial charge in [-0.15, -0.1) is 0 Å². The van der Waals surface area contributed by atoms with E-state index in [0.717, 1.165) is 0 Å². The fourth-order valence-electron chi connectivity index (χ4n) is 4.67. The Hall–Kier alpha value is -3.76. The zero-order chi connectivity index (χ0) is 56.8. The number of aliphatic hydroxyl groups is 1. The Morgan fingerprint density at radius 3 is 0.942 bits per heavy atom. The van der Waals surface area contributed by atoms with Crippen LogP contribution in [-0.4, -0.2) is 110 Å². The third-order valence-electron chi connectivity index (χ3n) is 15.9. The number of hydrogen-bond donors (Lipinski definition) is 1. The van der Waals surface area contributed by atoms with Crippen LogP contribution >= 0.6 is 0 Å². The van der Waals surface area contributed by atoms with E-state index in [1.165, 1.54) is 27.7 Å². The molecule has 0 aromatic carbocycles. The molecule has 0 unspecified atom stereocenters. The lowest BCUT2D eigenvalue weighted by Crippen LogP contribution is -2.56. The summed E-state index contributed by atoms with van der Waals surface area (Å²) >= 11 is 0. The van der Waals surface area contributed by atoms with Gasteiger partial charge in [0.15, 0.2) is 0 Å². The smallest absolute Gasteiger partial charge is 0.457 e. The van der Waals surface area contributed by atoms with Crippen LogP contribution in [0.1, 0.15) is 208 Å². The summed E-state index contributed by atoms with van der Waals surface area (Å²) in [6.07, 6.45) is -0.741. The molecule has 0 aromatic rings. The molecule has 0 atom stereocenters. The normalized spacial score (nSPS) is 19.2. The molecule has 17 nitrogen and oxygen atoms in total. The molecule has 0 spiro atoms. The molecule has 3 saturated heterocycles. The highest BCUT2D eigenvalue weighted by atomic mass is 16.8. The van der Waals surface area contributed by atoms with Gasteiger partial charge in [-0.25, -0.2) is 4.79 Å². The Kier molecular flexibility index (Phi) is 22.5. The summed E-state index contributed by atoms with van der Waals surface area (Å²) in [5.41, 5.74) is -8.90. The lowest BCUT2D eigenvalue weighted by molar-refractivity contribution is -0.204. The van der Waals surface area contributed by atoms with E-state index in [9.17, 15) is 33.9 Å². The van der Waals surface area contributed by atoms with Gasteiger partial charge in [-0.3, -0.25) is 24.0 Å². The Morgan fingerprint density at radius 2 is 0.739 bits per heavy atom. The van der Waals surface area contributed by atoms with Gasteiger partial charge in [0.05, 0.1) is 44.3 Å². The van der Waals surface area contributed by atoms with Crippen molar-refractivity contribution < 1.29 is 81.4 Å². The first kappa shape index (κ1) is 69.5. The molecular formula is C52H94O17. The van der Waals surface area contributed by atoms with Gasteiger partial charge in [0.25, 0.3) is 0 Å². The van der Waals surface area contributed by atoms with Crippen molar-refractivity contribution in [2.45, 2.75) is 264 Å². The highest BCUT2D eigenvalue weighted by Crippen LogP contribution is 2.48. The summed E-state index contributed by atoms with van der Waals surface area (Å²) in [6, 6.07) is 0. The van der Waals surface area contributed by atoms with Crippen LogP contribution in [0.15, 0.2) is 0 Å². The zero-order valence-electron chi connectivity index (χ0n) is 48.5. The largest absolute Gasteiger partial charge is 0.509 e. The van der Waals surface area contributed by atoms with Crippen LogP contribution in [0.25, 0.3) is 0 Å². The summed E-state index contributed by atoms with van der Waals surface area (Å²) in [7, 11) is 1.60. The maximum Gasteiger partial charge on any atom is 0.509 e. The molecule has 3 aliphatic heterocycles. The number of carbonyl (C=O) groups is 6. The van der Waals surface area contributed by atoms with Crippen molar-refractivity contribution in [3.63, 3.8) is 0 Å². The minimum atomic E-state index is -1.29. The molecular weight excluding hydrogens is 897 g/mol. The zero-order valence-corrected chi connectivity index (χ0v) is 48.5. The molecule has 0 amide bonds. The fourth-order valence-corrected chi connectivity index (χ4v) is 4.67. The van der Waals surface area contributed by atoms with Crippen LogP contribution in [0.3, 0.4) is 0 Å². The number of carbonyl (C=O) groups excluding carboxylic acids is 8. The van der Waals surface area contributed by atoms with Gasteiger partial charge >= 0.3 is 36.2 Å². The lowest BCUT2D eigenvalue weighted by Gasteiger charge is -2.44. The average Bonchev–Trinajstić information content (AvgIpc) is 3.77. The molecule has 404 valence electrons. The van der Waals surface area contributed by atoms with E-state index < -0.39 is 79.3 Å². The number of ketones is 1. The van der Waals surface area contributed by atoms with Crippen LogP contribution in [0.2, 0.25) is 0 Å². The predicted molar refractivity (Wildman–Crippen MR) is 260 cm³/mol. The Morgan fingerprint density at radius 1 is 0.478 bits per heavy atom. The molecule has 17 heteroatoms. The molecule has 0 aromatic heterocycles. The van der Waals surface area contributed by atoms with E-state index in [-0.39, 0.29) is 40.3 Å². The van der Waals surface area contributed by atoms with Gasteiger partial charge in [-0.05, 0) is 187 Å². The third kappa shape index (κ3) is 17.8. The van der Waals surface area contributed by atoms with Crippen LogP contribution in [0, 0.1) is 21.7 Å². The van der Waals surface area contributed by atoms with E-state index >= 15 is 0 Å². The van der Waals surface area contributed by atoms with Crippen molar-refractivity contribution in [2.75, 3.05) is 7.11 Å². The Labute approximate surface area is 414 Å². The highest BCUT2D eigenvalue weighted by molar-refractivity contribution is 6.00. The summed E-state index contributed by atoms with van der Waals surface area (Å²) in [4.78, 5) is 86.5. The van der Waals surface area contributed by atoms with Crippen molar-refractivity contribution in [1.29, 1.82) is 0 Å². The van der Waals surface area contributed by atoms with Gasteiger partial charge < -0.3 is 43.0 Å². The molecule has 3 fully saturated rings. The first-order chi connectivity index (χ1) is 29.8. The van der Waals surface area contributed by atoms with E-state index in [1.54, 1.807) is 104 Å². The second-order valence-electron chi connectivity index (χ2n) is 24.8. The fraction of sp³-hybridized carbons (Fsp3) is 0.865. The number of cyclic esters (lactones) is 2. The molecule has 3 aliphatic rings. The predicted octanol–water partition coefficient (Wildman–Crippen LogP) is 9.87. The number of Topliss-reactive ketones (excluding diaryl/α,β-unsaturated/α-hetero) is 1. The van der Waals surface area contributed by atoms with Crippen molar-refractivity contribution in [3.8, 4) is 0 Å². The molecule has 0 aliphatic carbocycles. The Bertz CT molecular complexity index is 1780. The van der Waals surface area contributed by atoms with Gasteiger partial charge in [0.1, 0.15) is 33.8 Å². The van der Waals surface area contributed by atoms with E-state index in [4.69, 9.17) is 42.7 Å². The molecule has 1 N–H and O–H groups in total. The number of ether oxygens (including phenoxy) is 8. The summed E-state index contributed by atoms with van der Waals surface area (Å²) < 4.78 is 41.9. The van der Waals surface area contributed by atoms with Gasteiger partial charge in [0, 0.05) is 19.4 Å². The van der Waals surface area contributed by atoms with Crippen LogP contribution in [0.5, 0.6) is 0 Å². The lowest BCUT2D eigenvalue weighted by atomic mass is 9.65. The van der Waals surface area contributed by atoms with Gasteiger partial charge in [-0.1, -0.05) is 13.8 Å². The number of esters is 4. The Balaban J connectivity index is -0.000000884. The van der Waals surface area contributed by atoms with Crippen LogP contribution < -0.4 is 0 Å². The van der Waals surface area contributed by atoms with Gasteiger partial charge in [-0.2, -0.15) is 9.59 Å². The van der Waals surface area contributed by atoms with E-state index in [1.807, 2.05) is 27.7 Å². The van der Waals surface area contributed by atoms with Crippen molar-refractivity contribution in [3.05, 3.63) is 0 Å². The molecule has 69 heavy (non-hydrogen) atoms. The maximum atomic E-state index is 12.9. The highest BCUT2D eigenvalue weighted by Gasteiger charge is 2.58. The van der Waals surface area contributed by atoms with Gasteiger partial charge in [0.2, 0.25) is 0 Å². The minimum Gasteiger partial charge on any atom is -0.457 e. The number of epoxide rings is 2. The second-order valence-corrected chi connectivity index (χ2v) is 24.8. The molecule has 3 rings (SSSR count). The minimum absolute atomic E-state index is 0.134. The summed E-state index contributed by atoms with van der Waals surface area (Å²) in [6.45, 7) is 53.3. The molecule has 3 heterocycles. The quantitative estimate of drug-likeness (QED) is 0.0877. The number of rotatable bonds is 11. The molecule has 0 bridgehead atoms. The molecule has 0 radical (unpaired) electrons. The maximum absolute atomic E-state index is 12.9. The molecule has 0 saturated carbocycles. The SMILES string of the molecule is CC(=O)C(C)(C)C(C)(C)C(=O)OC(C)(C)C(C)(C)OC(=O)OC(C)(C)C(C)(C)O.CC1(C)C(=O)OC(=O)C1(C)C.CC1(C)OC1(C)C.CC1(C)OC1(C)C.COC(C)(C)C(C)(C)OC(C)=O.O=C=O. The second kappa shape index (κ2) is 22.3. The number of hydrogen-bond acceptors (Lipinski definition) is 17. The van der Waals surface area contributed by atoms with Crippen molar-refractivity contribution in [1.82, 2.24) is 0 Å². The monoisotopic (exact) mass is 991 g/mol. The van der Waals surface area contributed by atoms with Crippen LogP contribution in [0.4, 0.5) is 4.79 Å². The van der Waals surface area contributed by atoms with Crippen molar-refractivity contribution >= 4 is 42.0 Å². The van der Waals surface area contributed by atoms with Crippen LogP contribution in [-0.2, 0) is 71.5 Å². The topological polar surface area (TPSA) is 237 Å². The first-order valence-electron chi connectivity index (χ1n) is 23.1. The standard InChI is InChI=1S/C22H40O7.C9H18O3.C8H12O3.2C6H12O.CO2/c1-14(23)17(2,3)18(4,5)15(24)27-21(10,11)22(12,13)29-16(25)28-20(8,9)19(6,7)26;1-7(10)12-9(4,5)8(2,3)11-6;1-7(2)5(9)11-6(10)8(7,3)4;2*1-5(2)6(3,4)7-5;2-1-3/h26H,1-13H3;1-6H3;1-4H3;2*1-4H3;. The number of methoxy groups -OCH3 is 1.